The van der Waals surface area contributed by atoms with Crippen LogP contribution in [-0.4, -0.2) is 25.7 Å². The van der Waals surface area contributed by atoms with Crippen LogP contribution in [0.3, 0.4) is 0 Å². The average molecular weight is 263 g/mol. The van der Waals surface area contributed by atoms with E-state index in [0.717, 1.165) is 25.3 Å². The van der Waals surface area contributed by atoms with Gasteiger partial charge in [-0.05, 0) is 19.1 Å². The second kappa shape index (κ2) is 4.78. The molecule has 1 aromatic rings. The van der Waals surface area contributed by atoms with Gasteiger partial charge in [-0.2, -0.15) is 0 Å². The first-order valence-electron chi connectivity index (χ1n) is 5.22. The fraction of sp³-hybridized carbons (Fsp3) is 0.455. The normalized spacial score (nSPS) is 21.2. The van der Waals surface area contributed by atoms with Gasteiger partial charge in [-0.25, -0.2) is 4.39 Å². The molecule has 1 saturated heterocycles. The van der Waals surface area contributed by atoms with E-state index in [0.29, 0.717) is 11.1 Å². The van der Waals surface area contributed by atoms with E-state index in [1.54, 1.807) is 6.07 Å². The minimum Gasteiger partial charge on any atom is -0.365 e. The van der Waals surface area contributed by atoms with Crippen LogP contribution in [0.25, 0.3) is 0 Å². The molecule has 1 aliphatic heterocycles. The van der Waals surface area contributed by atoms with E-state index >= 15 is 0 Å². The first kappa shape index (κ1) is 12.0. The number of nitrogens with one attached hydrogen (secondary N) is 1. The van der Waals surface area contributed by atoms with Gasteiger partial charge in [0.2, 0.25) is 0 Å². The Morgan fingerprint density at radius 3 is 2.81 bits per heavy atom. The third-order valence-corrected chi connectivity index (χ3v) is 3.67. The lowest BCUT2D eigenvalue weighted by atomic mass is 10.2. The lowest BCUT2D eigenvalue weighted by molar-refractivity contribution is 0.500. The lowest BCUT2D eigenvalue weighted by Gasteiger charge is -2.36. The van der Waals surface area contributed by atoms with Crippen LogP contribution in [-0.2, 0) is 0 Å². The van der Waals surface area contributed by atoms with Crippen LogP contribution in [0.2, 0.25) is 10.0 Å². The molecule has 1 aliphatic rings. The van der Waals surface area contributed by atoms with Crippen LogP contribution >= 0.6 is 23.2 Å². The summed E-state index contributed by atoms with van der Waals surface area (Å²) < 4.78 is 13.2. The van der Waals surface area contributed by atoms with Crippen molar-refractivity contribution in [2.75, 3.05) is 24.5 Å². The summed E-state index contributed by atoms with van der Waals surface area (Å²) in [6.45, 7) is 4.74. The zero-order valence-corrected chi connectivity index (χ0v) is 10.4. The maximum absolute atomic E-state index is 13.2. The summed E-state index contributed by atoms with van der Waals surface area (Å²) in [5.41, 5.74) is 0.807. The van der Waals surface area contributed by atoms with E-state index in [1.165, 1.54) is 6.07 Å². The van der Waals surface area contributed by atoms with E-state index in [2.05, 4.69) is 17.1 Å². The van der Waals surface area contributed by atoms with Crippen LogP contribution in [0.4, 0.5) is 10.1 Å². The molecule has 0 spiro atoms. The Morgan fingerprint density at radius 1 is 1.38 bits per heavy atom. The van der Waals surface area contributed by atoms with Crippen LogP contribution in [0, 0.1) is 5.82 Å². The highest BCUT2D eigenvalue weighted by molar-refractivity contribution is 6.43. The molecule has 1 fully saturated rings. The van der Waals surface area contributed by atoms with Crippen molar-refractivity contribution in [3.63, 3.8) is 0 Å². The first-order valence-corrected chi connectivity index (χ1v) is 5.97. The summed E-state index contributed by atoms with van der Waals surface area (Å²) in [6.07, 6.45) is 0. The van der Waals surface area contributed by atoms with E-state index < -0.39 is 5.82 Å². The van der Waals surface area contributed by atoms with Crippen molar-refractivity contribution >= 4 is 28.9 Å². The van der Waals surface area contributed by atoms with Gasteiger partial charge in [0.1, 0.15) is 5.82 Å². The molecule has 1 N–H and O–H groups in total. The number of nitrogens with zero attached hydrogens (tertiary/aromatic N) is 1. The molecule has 1 aromatic carbocycles. The van der Waals surface area contributed by atoms with Gasteiger partial charge in [0, 0.05) is 25.7 Å². The third kappa shape index (κ3) is 2.12. The van der Waals surface area contributed by atoms with Gasteiger partial charge >= 0.3 is 0 Å². The number of benzene rings is 1. The Bertz CT molecular complexity index is 398. The minimum atomic E-state index is -0.474. The summed E-state index contributed by atoms with van der Waals surface area (Å²) in [5, 5.41) is 3.59. The molecule has 0 radical (unpaired) electrons. The Labute approximate surface area is 104 Å². The number of anilines is 1. The Kier molecular flexibility index (Phi) is 3.57. The monoisotopic (exact) mass is 262 g/mol. The zero-order chi connectivity index (χ0) is 11.7. The number of rotatable bonds is 1. The Morgan fingerprint density at radius 2 is 2.12 bits per heavy atom. The standard InChI is InChI=1S/C11H13Cl2FN2/c1-7-6-15-4-5-16(7)9-3-2-8(14)10(12)11(9)13/h2-3,7,15H,4-6H2,1H3/t7-/m1/s1. The van der Waals surface area contributed by atoms with E-state index in [4.69, 9.17) is 23.2 Å². The first-order chi connectivity index (χ1) is 7.61. The molecule has 0 aromatic heterocycles. The molecule has 0 bridgehead atoms. The Hall–Kier alpha value is -0.510. The van der Waals surface area contributed by atoms with Crippen molar-refractivity contribution in [3.05, 3.63) is 28.0 Å². The lowest BCUT2D eigenvalue weighted by Crippen LogP contribution is -2.50. The summed E-state index contributed by atoms with van der Waals surface area (Å²) in [6, 6.07) is 3.37. The molecule has 2 rings (SSSR count). The van der Waals surface area contributed by atoms with Gasteiger partial charge in [0.15, 0.2) is 0 Å². The molecule has 1 heterocycles. The minimum absolute atomic E-state index is 0.00454. The predicted octanol–water partition coefficient (Wildman–Crippen LogP) is 2.93. The van der Waals surface area contributed by atoms with Crippen molar-refractivity contribution in [1.82, 2.24) is 5.32 Å². The number of piperazine rings is 1. The van der Waals surface area contributed by atoms with Crippen molar-refractivity contribution < 1.29 is 4.39 Å². The molecule has 0 unspecified atom stereocenters. The summed E-state index contributed by atoms with van der Waals surface area (Å²) >= 11 is 11.9. The summed E-state index contributed by atoms with van der Waals surface area (Å²) in [4.78, 5) is 2.14. The van der Waals surface area contributed by atoms with Crippen LogP contribution in [0.5, 0.6) is 0 Å². The second-order valence-corrected chi connectivity index (χ2v) is 4.70. The fourth-order valence-electron chi connectivity index (χ4n) is 1.94. The fourth-order valence-corrected chi connectivity index (χ4v) is 2.36. The molecule has 1 atom stereocenters. The molecule has 0 saturated carbocycles. The van der Waals surface area contributed by atoms with Crippen LogP contribution in [0.15, 0.2) is 12.1 Å². The van der Waals surface area contributed by atoms with Crippen molar-refractivity contribution in [2.45, 2.75) is 13.0 Å². The van der Waals surface area contributed by atoms with Gasteiger partial charge < -0.3 is 10.2 Å². The van der Waals surface area contributed by atoms with E-state index in [1.807, 2.05) is 0 Å². The highest BCUT2D eigenvalue weighted by Gasteiger charge is 2.22. The van der Waals surface area contributed by atoms with Crippen molar-refractivity contribution in [3.8, 4) is 0 Å². The predicted molar refractivity (Wildman–Crippen MR) is 66.1 cm³/mol. The third-order valence-electron chi connectivity index (χ3n) is 2.83. The van der Waals surface area contributed by atoms with Crippen molar-refractivity contribution in [1.29, 1.82) is 0 Å². The largest absolute Gasteiger partial charge is 0.365 e. The van der Waals surface area contributed by atoms with Gasteiger partial charge in [-0.3, -0.25) is 0 Å². The van der Waals surface area contributed by atoms with Gasteiger partial charge in [-0.15, -0.1) is 0 Å². The second-order valence-electron chi connectivity index (χ2n) is 3.94. The molecule has 0 aliphatic carbocycles. The summed E-state index contributed by atoms with van der Waals surface area (Å²) in [7, 11) is 0. The zero-order valence-electron chi connectivity index (χ0n) is 8.93. The van der Waals surface area contributed by atoms with Crippen LogP contribution < -0.4 is 10.2 Å². The molecular weight excluding hydrogens is 250 g/mol. The maximum Gasteiger partial charge on any atom is 0.143 e. The number of halogens is 3. The highest BCUT2D eigenvalue weighted by atomic mass is 35.5. The molecular formula is C11H13Cl2FN2. The van der Waals surface area contributed by atoms with Crippen LogP contribution in [0.1, 0.15) is 6.92 Å². The van der Waals surface area contributed by atoms with E-state index in [9.17, 15) is 4.39 Å². The Balaban J connectivity index is 2.36. The topological polar surface area (TPSA) is 15.3 Å². The highest BCUT2D eigenvalue weighted by Crippen LogP contribution is 2.35. The van der Waals surface area contributed by atoms with Gasteiger partial charge in [0.25, 0.3) is 0 Å². The quantitative estimate of drug-likeness (QED) is 0.784. The number of hydrogen-bond acceptors (Lipinski definition) is 2. The summed E-state index contributed by atoms with van der Waals surface area (Å²) in [5.74, 6) is -0.474. The average Bonchev–Trinajstić information content (AvgIpc) is 2.28. The van der Waals surface area contributed by atoms with Crippen molar-refractivity contribution in [2.24, 2.45) is 0 Å². The maximum atomic E-state index is 13.2. The molecule has 5 heteroatoms. The molecule has 16 heavy (non-hydrogen) atoms. The molecule has 88 valence electrons. The van der Waals surface area contributed by atoms with E-state index in [-0.39, 0.29) is 5.02 Å². The number of hydrogen-bond donors (Lipinski definition) is 1. The van der Waals surface area contributed by atoms with Gasteiger partial charge in [0.05, 0.1) is 15.7 Å². The smallest absolute Gasteiger partial charge is 0.143 e. The SMILES string of the molecule is C[C@@H]1CNCCN1c1ccc(F)c(Cl)c1Cl. The molecule has 0 amide bonds. The van der Waals surface area contributed by atoms with Gasteiger partial charge in [-0.1, -0.05) is 23.2 Å². The molecule has 2 nitrogen and oxygen atoms in total.